The Bertz CT molecular complexity index is 163. The van der Waals surface area contributed by atoms with Crippen molar-refractivity contribution >= 4 is 6.09 Å². The fraction of sp³-hybridized carbons (Fsp3) is 0.857. The van der Waals surface area contributed by atoms with Gasteiger partial charge in [0, 0.05) is 25.7 Å². The Labute approximate surface area is 71.5 Å². The zero-order valence-electron chi connectivity index (χ0n) is 6.99. The summed E-state index contributed by atoms with van der Waals surface area (Å²) in [4.78, 5) is 12.3. The summed E-state index contributed by atoms with van der Waals surface area (Å²) >= 11 is 0. The Morgan fingerprint density at radius 3 is 3.00 bits per heavy atom. The normalized spacial score (nSPS) is 24.2. The van der Waals surface area contributed by atoms with E-state index in [0.717, 1.165) is 26.1 Å². The lowest BCUT2D eigenvalue weighted by atomic mass is 10.3. The molecule has 0 radical (unpaired) electrons. The minimum Gasteiger partial charge on any atom is -0.465 e. The number of nitrogens with one attached hydrogen (secondary N) is 1. The van der Waals surface area contributed by atoms with Gasteiger partial charge in [-0.1, -0.05) is 0 Å². The third-order valence-corrected chi connectivity index (χ3v) is 2.01. The van der Waals surface area contributed by atoms with Crippen LogP contribution in [-0.2, 0) is 0 Å². The Kier molecular flexibility index (Phi) is 3.31. The van der Waals surface area contributed by atoms with Gasteiger partial charge >= 0.3 is 6.09 Å². The standard InChI is InChI=1S/C7H15N3O2/c8-6-1-3-10(5-6)4-2-9-7(11)12/h6,9H,1-5,8H2,(H,11,12)/t6-/m1/s1. The lowest BCUT2D eigenvalue weighted by Crippen LogP contribution is -2.34. The molecule has 0 aromatic heterocycles. The van der Waals surface area contributed by atoms with E-state index in [1.165, 1.54) is 0 Å². The number of nitrogens with zero attached hydrogens (tertiary/aromatic N) is 1. The molecular formula is C7H15N3O2. The van der Waals surface area contributed by atoms with E-state index in [0.29, 0.717) is 6.54 Å². The van der Waals surface area contributed by atoms with E-state index in [4.69, 9.17) is 10.8 Å². The van der Waals surface area contributed by atoms with Crippen molar-refractivity contribution in [3.05, 3.63) is 0 Å². The van der Waals surface area contributed by atoms with Gasteiger partial charge in [0.05, 0.1) is 0 Å². The van der Waals surface area contributed by atoms with Gasteiger partial charge in [-0.15, -0.1) is 0 Å². The molecule has 1 fully saturated rings. The van der Waals surface area contributed by atoms with E-state index in [-0.39, 0.29) is 6.04 Å². The van der Waals surface area contributed by atoms with Crippen LogP contribution in [-0.4, -0.2) is 48.3 Å². The van der Waals surface area contributed by atoms with Crippen molar-refractivity contribution in [2.45, 2.75) is 12.5 Å². The molecule has 12 heavy (non-hydrogen) atoms. The molecule has 1 atom stereocenters. The molecule has 1 aliphatic heterocycles. The maximum Gasteiger partial charge on any atom is 0.404 e. The van der Waals surface area contributed by atoms with Gasteiger partial charge in [-0.3, -0.25) is 4.90 Å². The first-order valence-electron chi connectivity index (χ1n) is 4.13. The van der Waals surface area contributed by atoms with Crippen molar-refractivity contribution in [1.29, 1.82) is 0 Å². The minimum atomic E-state index is -0.960. The molecule has 1 saturated heterocycles. The van der Waals surface area contributed by atoms with Gasteiger partial charge in [-0.25, -0.2) is 4.79 Å². The summed E-state index contributed by atoms with van der Waals surface area (Å²) in [6.07, 6.45) is 0.0612. The molecule has 1 aliphatic rings. The molecule has 0 aliphatic carbocycles. The monoisotopic (exact) mass is 173 g/mol. The Balaban J connectivity index is 2.04. The van der Waals surface area contributed by atoms with Crippen LogP contribution in [0.1, 0.15) is 6.42 Å². The molecule has 1 heterocycles. The van der Waals surface area contributed by atoms with Crippen LogP contribution >= 0.6 is 0 Å². The van der Waals surface area contributed by atoms with Gasteiger partial charge in [-0.05, 0) is 13.0 Å². The average molecular weight is 173 g/mol. The molecule has 0 unspecified atom stereocenters. The summed E-state index contributed by atoms with van der Waals surface area (Å²) in [6, 6.07) is 0.273. The summed E-state index contributed by atoms with van der Waals surface area (Å²) in [7, 11) is 0. The zero-order valence-corrected chi connectivity index (χ0v) is 6.99. The second-order valence-corrected chi connectivity index (χ2v) is 3.08. The van der Waals surface area contributed by atoms with Crippen LogP contribution in [0.5, 0.6) is 0 Å². The minimum absolute atomic E-state index is 0.273. The van der Waals surface area contributed by atoms with Crippen LogP contribution in [0.4, 0.5) is 4.79 Å². The van der Waals surface area contributed by atoms with E-state index in [9.17, 15) is 4.79 Å². The van der Waals surface area contributed by atoms with Gasteiger partial charge in [0.25, 0.3) is 0 Å². The highest BCUT2D eigenvalue weighted by molar-refractivity contribution is 5.64. The lowest BCUT2D eigenvalue weighted by Gasteiger charge is -2.14. The Morgan fingerprint density at radius 2 is 2.50 bits per heavy atom. The summed E-state index contributed by atoms with van der Waals surface area (Å²) in [5, 5.41) is 10.6. The van der Waals surface area contributed by atoms with Crippen molar-refractivity contribution in [1.82, 2.24) is 10.2 Å². The van der Waals surface area contributed by atoms with E-state index in [2.05, 4.69) is 10.2 Å². The number of carbonyl (C=O) groups is 1. The van der Waals surface area contributed by atoms with E-state index in [1.54, 1.807) is 0 Å². The highest BCUT2D eigenvalue weighted by Gasteiger charge is 2.17. The first kappa shape index (κ1) is 9.28. The van der Waals surface area contributed by atoms with Gasteiger partial charge < -0.3 is 16.2 Å². The number of hydrogen-bond donors (Lipinski definition) is 3. The third-order valence-electron chi connectivity index (χ3n) is 2.01. The quantitative estimate of drug-likeness (QED) is 0.526. The molecule has 0 aromatic rings. The predicted octanol–water partition coefficient (Wildman–Crippen LogP) is -0.713. The number of nitrogens with two attached hydrogens (primary N) is 1. The lowest BCUT2D eigenvalue weighted by molar-refractivity contribution is 0.192. The molecule has 1 rings (SSSR count). The van der Waals surface area contributed by atoms with E-state index in [1.807, 2.05) is 0 Å². The molecule has 0 spiro atoms. The molecular weight excluding hydrogens is 158 g/mol. The number of amides is 1. The van der Waals surface area contributed by atoms with Crippen molar-refractivity contribution in [2.75, 3.05) is 26.2 Å². The van der Waals surface area contributed by atoms with Crippen molar-refractivity contribution in [3.8, 4) is 0 Å². The van der Waals surface area contributed by atoms with Crippen LogP contribution in [0.25, 0.3) is 0 Å². The number of hydrogen-bond acceptors (Lipinski definition) is 3. The highest BCUT2D eigenvalue weighted by atomic mass is 16.4. The topological polar surface area (TPSA) is 78.6 Å². The van der Waals surface area contributed by atoms with Crippen molar-refractivity contribution in [2.24, 2.45) is 5.73 Å². The maximum absolute atomic E-state index is 10.1. The summed E-state index contributed by atoms with van der Waals surface area (Å²) in [5.74, 6) is 0. The smallest absolute Gasteiger partial charge is 0.404 e. The second kappa shape index (κ2) is 4.27. The maximum atomic E-state index is 10.1. The molecule has 0 aromatic carbocycles. The van der Waals surface area contributed by atoms with Crippen LogP contribution in [0, 0.1) is 0 Å². The SMILES string of the molecule is N[C@@H]1CCN(CCNC(=O)O)C1. The van der Waals surface area contributed by atoms with Crippen LogP contribution < -0.4 is 11.1 Å². The highest BCUT2D eigenvalue weighted by Crippen LogP contribution is 2.04. The van der Waals surface area contributed by atoms with E-state index >= 15 is 0 Å². The van der Waals surface area contributed by atoms with Crippen LogP contribution in [0.15, 0.2) is 0 Å². The third kappa shape index (κ3) is 3.06. The largest absolute Gasteiger partial charge is 0.465 e. The number of rotatable bonds is 3. The fourth-order valence-electron chi connectivity index (χ4n) is 1.39. The molecule has 4 N–H and O–H groups in total. The fourth-order valence-corrected chi connectivity index (χ4v) is 1.39. The van der Waals surface area contributed by atoms with Crippen molar-refractivity contribution < 1.29 is 9.90 Å². The molecule has 70 valence electrons. The average Bonchev–Trinajstić information content (AvgIpc) is 2.35. The van der Waals surface area contributed by atoms with Gasteiger partial charge in [0.15, 0.2) is 0 Å². The molecule has 0 bridgehead atoms. The van der Waals surface area contributed by atoms with Gasteiger partial charge in [0.1, 0.15) is 0 Å². The number of carboxylic acid groups (broad SMARTS) is 1. The van der Waals surface area contributed by atoms with Crippen LogP contribution in [0.3, 0.4) is 0 Å². The van der Waals surface area contributed by atoms with Crippen molar-refractivity contribution in [3.63, 3.8) is 0 Å². The molecule has 5 nitrogen and oxygen atoms in total. The zero-order chi connectivity index (χ0) is 8.97. The predicted molar refractivity (Wildman–Crippen MR) is 45.1 cm³/mol. The van der Waals surface area contributed by atoms with E-state index < -0.39 is 6.09 Å². The second-order valence-electron chi connectivity index (χ2n) is 3.08. The summed E-state index contributed by atoms with van der Waals surface area (Å²) in [6.45, 7) is 3.13. The Morgan fingerprint density at radius 1 is 1.75 bits per heavy atom. The number of likely N-dealkylation sites (tertiary alicyclic amines) is 1. The van der Waals surface area contributed by atoms with Gasteiger partial charge in [0.2, 0.25) is 0 Å². The molecule has 1 amide bonds. The first-order valence-corrected chi connectivity index (χ1v) is 4.13. The van der Waals surface area contributed by atoms with Crippen LogP contribution in [0.2, 0.25) is 0 Å². The molecule has 5 heteroatoms. The first-order chi connectivity index (χ1) is 5.68. The molecule has 0 saturated carbocycles. The summed E-state index contributed by atoms with van der Waals surface area (Å²) in [5.41, 5.74) is 5.68. The van der Waals surface area contributed by atoms with Gasteiger partial charge in [-0.2, -0.15) is 0 Å². The summed E-state index contributed by atoms with van der Waals surface area (Å²) < 4.78 is 0. The Hall–Kier alpha value is -0.810.